The monoisotopic (exact) mass is 335 g/mol. The maximum Gasteiger partial charge on any atom is 0.261 e. The molecule has 0 aromatic rings. The smallest absolute Gasteiger partial charge is 0.261 e. The lowest BCUT2D eigenvalue weighted by Crippen LogP contribution is -2.38. The van der Waals surface area contributed by atoms with Gasteiger partial charge in [0.05, 0.1) is 6.04 Å². The summed E-state index contributed by atoms with van der Waals surface area (Å²) in [4.78, 5) is 26.0. The first-order valence-electron chi connectivity index (χ1n) is 9.03. The van der Waals surface area contributed by atoms with Crippen molar-refractivity contribution in [2.45, 2.75) is 73.3 Å². The van der Waals surface area contributed by atoms with Crippen molar-refractivity contribution in [1.29, 1.82) is 0 Å². The molecule has 4 heteroatoms. The van der Waals surface area contributed by atoms with E-state index in [-0.39, 0.29) is 29.1 Å². The number of rotatable bonds is 9. The molecule has 0 fully saturated rings. The van der Waals surface area contributed by atoms with Gasteiger partial charge < -0.3 is 10.0 Å². The SMILES string of the molecule is CC(=O)C1=C(O)C(CC(C)C)N(CCC(C)CCC=C(C)C)C1=O. The normalized spacial score (nSPS) is 19.2. The molecule has 0 radical (unpaired) electrons. The number of nitrogens with zero attached hydrogens (tertiary/aromatic N) is 1. The van der Waals surface area contributed by atoms with Crippen molar-refractivity contribution >= 4 is 11.7 Å². The van der Waals surface area contributed by atoms with Crippen molar-refractivity contribution in [1.82, 2.24) is 4.90 Å². The van der Waals surface area contributed by atoms with Crippen LogP contribution in [0.4, 0.5) is 0 Å². The van der Waals surface area contributed by atoms with Crippen molar-refractivity contribution in [3.8, 4) is 0 Å². The van der Waals surface area contributed by atoms with Gasteiger partial charge in [-0.3, -0.25) is 9.59 Å². The molecule has 24 heavy (non-hydrogen) atoms. The molecule has 0 saturated carbocycles. The van der Waals surface area contributed by atoms with Gasteiger partial charge in [-0.15, -0.1) is 0 Å². The first-order valence-corrected chi connectivity index (χ1v) is 9.03. The van der Waals surface area contributed by atoms with Gasteiger partial charge >= 0.3 is 0 Å². The van der Waals surface area contributed by atoms with E-state index in [1.54, 1.807) is 4.90 Å². The Hall–Kier alpha value is -1.58. The molecule has 0 aromatic carbocycles. The quantitative estimate of drug-likeness (QED) is 0.501. The molecule has 1 heterocycles. The third-order valence-corrected chi connectivity index (χ3v) is 4.54. The zero-order valence-corrected chi connectivity index (χ0v) is 16.1. The van der Waals surface area contributed by atoms with Crippen LogP contribution in [0.15, 0.2) is 23.0 Å². The van der Waals surface area contributed by atoms with E-state index in [1.165, 1.54) is 12.5 Å². The Balaban J connectivity index is 2.73. The summed E-state index contributed by atoms with van der Waals surface area (Å²) in [6.07, 6.45) is 5.94. The van der Waals surface area contributed by atoms with Crippen LogP contribution in [0, 0.1) is 11.8 Å². The molecule has 2 atom stereocenters. The van der Waals surface area contributed by atoms with Crippen LogP contribution in [-0.2, 0) is 9.59 Å². The van der Waals surface area contributed by atoms with Gasteiger partial charge in [0, 0.05) is 6.54 Å². The van der Waals surface area contributed by atoms with Gasteiger partial charge in [-0.1, -0.05) is 32.4 Å². The molecule has 136 valence electrons. The molecule has 0 spiro atoms. The Labute approximate surface area is 146 Å². The van der Waals surface area contributed by atoms with E-state index in [0.717, 1.165) is 19.3 Å². The minimum atomic E-state index is -0.346. The Morgan fingerprint density at radius 3 is 2.33 bits per heavy atom. The number of Topliss-reactive ketones (excluding diaryl/α,β-unsaturated/α-hetero) is 1. The fraction of sp³-hybridized carbons (Fsp3) is 0.700. The van der Waals surface area contributed by atoms with Crippen LogP contribution in [0.1, 0.15) is 67.2 Å². The van der Waals surface area contributed by atoms with Crippen LogP contribution >= 0.6 is 0 Å². The van der Waals surface area contributed by atoms with Crippen molar-refractivity contribution in [2.24, 2.45) is 11.8 Å². The van der Waals surface area contributed by atoms with Gasteiger partial charge in [-0.2, -0.15) is 0 Å². The second kappa shape index (κ2) is 9.05. The van der Waals surface area contributed by atoms with Crippen LogP contribution in [0.5, 0.6) is 0 Å². The lowest BCUT2D eigenvalue weighted by Gasteiger charge is -2.27. The summed E-state index contributed by atoms with van der Waals surface area (Å²) in [6.45, 7) is 12.4. The fourth-order valence-corrected chi connectivity index (χ4v) is 3.14. The van der Waals surface area contributed by atoms with E-state index >= 15 is 0 Å². The van der Waals surface area contributed by atoms with E-state index in [1.807, 2.05) is 0 Å². The molecule has 1 rings (SSSR count). The lowest BCUT2D eigenvalue weighted by molar-refractivity contribution is -0.129. The summed E-state index contributed by atoms with van der Waals surface area (Å²) >= 11 is 0. The molecule has 4 nitrogen and oxygen atoms in total. The Morgan fingerprint density at radius 2 is 1.83 bits per heavy atom. The number of carbonyl (C=O) groups is 2. The van der Waals surface area contributed by atoms with Gasteiger partial charge in [-0.25, -0.2) is 0 Å². The Morgan fingerprint density at radius 1 is 1.21 bits per heavy atom. The summed E-state index contributed by atoms with van der Waals surface area (Å²) in [7, 11) is 0. The highest BCUT2D eigenvalue weighted by atomic mass is 16.3. The van der Waals surface area contributed by atoms with Crippen molar-refractivity contribution in [3.63, 3.8) is 0 Å². The number of aliphatic hydroxyl groups is 1. The summed E-state index contributed by atoms with van der Waals surface area (Å²) in [5.74, 6) is 0.163. The number of hydrogen-bond acceptors (Lipinski definition) is 3. The first kappa shape index (κ1) is 20.5. The van der Waals surface area contributed by atoms with Gasteiger partial charge in [0.15, 0.2) is 5.78 Å². The molecule has 2 unspecified atom stereocenters. The van der Waals surface area contributed by atoms with Crippen LogP contribution in [0.3, 0.4) is 0 Å². The number of aliphatic hydroxyl groups excluding tert-OH is 1. The molecule has 1 aliphatic rings. The average molecular weight is 335 g/mol. The number of allylic oxidation sites excluding steroid dienone is 2. The zero-order valence-electron chi connectivity index (χ0n) is 16.1. The third kappa shape index (κ3) is 5.50. The second-order valence-electron chi connectivity index (χ2n) is 7.71. The Kier molecular flexibility index (Phi) is 7.71. The van der Waals surface area contributed by atoms with Crippen molar-refractivity contribution in [2.75, 3.05) is 6.54 Å². The van der Waals surface area contributed by atoms with E-state index < -0.39 is 0 Å². The highest BCUT2D eigenvalue weighted by molar-refractivity contribution is 6.20. The summed E-state index contributed by atoms with van der Waals surface area (Å²) in [5, 5.41) is 10.4. The highest BCUT2D eigenvalue weighted by Gasteiger charge is 2.41. The summed E-state index contributed by atoms with van der Waals surface area (Å²) in [6, 6.07) is -0.346. The molecule has 0 aromatic heterocycles. The topological polar surface area (TPSA) is 57.6 Å². The van der Waals surface area contributed by atoms with Crippen molar-refractivity contribution < 1.29 is 14.7 Å². The first-order chi connectivity index (χ1) is 11.1. The van der Waals surface area contributed by atoms with Gasteiger partial charge in [0.1, 0.15) is 11.3 Å². The van der Waals surface area contributed by atoms with E-state index in [2.05, 4.69) is 40.7 Å². The molecule has 1 amide bonds. The fourth-order valence-electron chi connectivity index (χ4n) is 3.14. The number of carbonyl (C=O) groups excluding carboxylic acids is 2. The minimum absolute atomic E-state index is 0.0159. The number of hydrogen-bond donors (Lipinski definition) is 1. The van der Waals surface area contributed by atoms with Crippen LogP contribution < -0.4 is 0 Å². The number of amides is 1. The molecule has 1 aliphatic heterocycles. The van der Waals surface area contributed by atoms with Crippen LogP contribution in [0.2, 0.25) is 0 Å². The molecular weight excluding hydrogens is 302 g/mol. The molecule has 0 aliphatic carbocycles. The number of ketones is 1. The van der Waals surface area contributed by atoms with Gasteiger partial charge in [0.2, 0.25) is 0 Å². The largest absolute Gasteiger partial charge is 0.509 e. The van der Waals surface area contributed by atoms with E-state index in [0.29, 0.717) is 24.8 Å². The molecule has 0 saturated heterocycles. The summed E-state index contributed by atoms with van der Waals surface area (Å²) in [5.41, 5.74) is 1.31. The predicted molar refractivity (Wildman–Crippen MR) is 97.7 cm³/mol. The van der Waals surface area contributed by atoms with E-state index in [9.17, 15) is 14.7 Å². The van der Waals surface area contributed by atoms with Crippen LogP contribution in [0.25, 0.3) is 0 Å². The lowest BCUT2D eigenvalue weighted by atomic mass is 9.99. The maximum absolute atomic E-state index is 12.5. The summed E-state index contributed by atoms with van der Waals surface area (Å²) < 4.78 is 0. The van der Waals surface area contributed by atoms with Gasteiger partial charge in [0.25, 0.3) is 5.91 Å². The molecule has 0 bridgehead atoms. The van der Waals surface area contributed by atoms with E-state index in [4.69, 9.17) is 0 Å². The Bertz CT molecular complexity index is 527. The molecule has 1 N–H and O–H groups in total. The maximum atomic E-state index is 12.5. The van der Waals surface area contributed by atoms with Gasteiger partial charge in [-0.05, 0) is 58.3 Å². The minimum Gasteiger partial charge on any atom is -0.509 e. The second-order valence-corrected chi connectivity index (χ2v) is 7.71. The highest BCUT2D eigenvalue weighted by Crippen LogP contribution is 2.30. The molecular formula is C20H33NO3. The third-order valence-electron chi connectivity index (χ3n) is 4.54. The van der Waals surface area contributed by atoms with Crippen molar-refractivity contribution in [3.05, 3.63) is 23.0 Å². The average Bonchev–Trinajstić information content (AvgIpc) is 2.67. The standard InChI is InChI=1S/C20H33NO3/c1-13(2)8-7-9-15(5)10-11-21-17(12-14(3)4)19(23)18(16(6)22)20(21)24/h8,14-15,17,23H,7,9-12H2,1-6H3. The zero-order chi connectivity index (χ0) is 18.4. The predicted octanol–water partition coefficient (Wildman–Crippen LogP) is 4.42. The van der Waals surface area contributed by atoms with Crippen LogP contribution in [-0.4, -0.2) is 34.3 Å².